The summed E-state index contributed by atoms with van der Waals surface area (Å²) in [6.45, 7) is 16.9. The highest BCUT2D eigenvalue weighted by molar-refractivity contribution is 5.31. The highest BCUT2D eigenvalue weighted by Gasteiger charge is 2.60. The van der Waals surface area contributed by atoms with Crippen LogP contribution in [0.25, 0.3) is 0 Å². The molecule has 4 nitrogen and oxygen atoms in total. The molecule has 0 aliphatic heterocycles. The first-order chi connectivity index (χ1) is 21.7. The van der Waals surface area contributed by atoms with E-state index in [9.17, 15) is 0 Å². The summed E-state index contributed by atoms with van der Waals surface area (Å²) in [4.78, 5) is 0. The standard InChI is InChI=1S/C41H78N4/c1-31(2)17-16-18-32(3)35-19-20-36-34-30-39(45-28-15-11-7-9-13-26-43)38-29-33(44-27-14-10-6-8-12-25-42)21-23-41(38,5)37(34)22-24-40(35,36)4/h29,31-37,39,44-45H,6-28,30,42-43H2,1-5H3. The minimum Gasteiger partial charge on any atom is -0.330 e. The van der Waals surface area contributed by atoms with Gasteiger partial charge in [-0.3, -0.25) is 0 Å². The van der Waals surface area contributed by atoms with Crippen molar-refractivity contribution in [1.82, 2.24) is 10.6 Å². The molecule has 3 saturated carbocycles. The zero-order chi connectivity index (χ0) is 32.3. The van der Waals surface area contributed by atoms with Crippen LogP contribution in [0.4, 0.5) is 0 Å². The van der Waals surface area contributed by atoms with Crippen molar-refractivity contribution in [3.63, 3.8) is 0 Å². The Morgan fingerprint density at radius 2 is 1.36 bits per heavy atom. The third-order valence-corrected chi connectivity index (χ3v) is 13.9. The van der Waals surface area contributed by atoms with Gasteiger partial charge in [-0.2, -0.15) is 0 Å². The molecule has 0 saturated heterocycles. The van der Waals surface area contributed by atoms with Gasteiger partial charge in [0.15, 0.2) is 0 Å². The predicted molar refractivity (Wildman–Crippen MR) is 196 cm³/mol. The quantitative estimate of drug-likeness (QED) is 0.0756. The van der Waals surface area contributed by atoms with Crippen molar-refractivity contribution in [2.45, 2.75) is 175 Å². The molecule has 0 radical (unpaired) electrons. The Morgan fingerprint density at radius 3 is 2.02 bits per heavy atom. The van der Waals surface area contributed by atoms with Crippen LogP contribution in [-0.4, -0.2) is 38.3 Å². The molecule has 4 aliphatic rings. The third-order valence-electron chi connectivity index (χ3n) is 13.9. The number of fused-ring (bicyclic) bond motifs is 5. The molecule has 0 amide bonds. The second-order valence-corrected chi connectivity index (χ2v) is 17.4. The molecule has 0 aromatic heterocycles. The van der Waals surface area contributed by atoms with Crippen LogP contribution in [0.2, 0.25) is 0 Å². The number of nitrogens with one attached hydrogen (secondary N) is 2. The van der Waals surface area contributed by atoms with Crippen molar-refractivity contribution in [2.75, 3.05) is 26.2 Å². The Bertz CT molecular complexity index is 870. The average Bonchev–Trinajstić information content (AvgIpc) is 3.37. The molecule has 0 bridgehead atoms. The molecule has 9 unspecified atom stereocenters. The normalized spacial score (nSPS) is 35.2. The molecule has 45 heavy (non-hydrogen) atoms. The van der Waals surface area contributed by atoms with Crippen molar-refractivity contribution in [3.05, 3.63) is 11.6 Å². The summed E-state index contributed by atoms with van der Waals surface area (Å²) in [7, 11) is 0. The largest absolute Gasteiger partial charge is 0.330 e. The van der Waals surface area contributed by atoms with E-state index in [-0.39, 0.29) is 0 Å². The van der Waals surface area contributed by atoms with Gasteiger partial charge in [-0.05, 0) is 149 Å². The Balaban J connectivity index is 1.43. The van der Waals surface area contributed by atoms with Crippen LogP contribution in [0.5, 0.6) is 0 Å². The van der Waals surface area contributed by atoms with Crippen molar-refractivity contribution >= 4 is 0 Å². The topological polar surface area (TPSA) is 76.1 Å². The number of nitrogens with two attached hydrogens (primary N) is 2. The van der Waals surface area contributed by atoms with Crippen LogP contribution in [-0.2, 0) is 0 Å². The Kier molecular flexibility index (Phi) is 15.3. The summed E-state index contributed by atoms with van der Waals surface area (Å²) in [5.74, 6) is 5.39. The van der Waals surface area contributed by atoms with E-state index >= 15 is 0 Å². The fourth-order valence-electron chi connectivity index (χ4n) is 11.4. The van der Waals surface area contributed by atoms with Crippen LogP contribution in [0.15, 0.2) is 11.6 Å². The zero-order valence-corrected chi connectivity index (χ0v) is 30.8. The first-order valence-corrected chi connectivity index (χ1v) is 20.3. The van der Waals surface area contributed by atoms with Gasteiger partial charge in [-0.1, -0.05) is 98.5 Å². The second kappa shape index (κ2) is 18.4. The highest BCUT2D eigenvalue weighted by Crippen LogP contribution is 2.67. The molecule has 0 aromatic rings. The Hall–Kier alpha value is -0.420. The molecule has 4 heteroatoms. The number of rotatable bonds is 21. The molecule has 0 aromatic carbocycles. The van der Waals surface area contributed by atoms with E-state index in [0.717, 1.165) is 55.1 Å². The van der Waals surface area contributed by atoms with Gasteiger partial charge < -0.3 is 22.1 Å². The SMILES string of the molecule is CC(C)CCCC(C)C1CCC2C3CC(NCCCCCCCN)C4=CC(NCCCCCCCN)CCC4(C)C3CCC12C. The van der Waals surface area contributed by atoms with E-state index in [2.05, 4.69) is 51.3 Å². The van der Waals surface area contributed by atoms with Crippen molar-refractivity contribution in [1.29, 1.82) is 0 Å². The molecule has 262 valence electrons. The van der Waals surface area contributed by atoms with Crippen LogP contribution < -0.4 is 22.1 Å². The fourth-order valence-corrected chi connectivity index (χ4v) is 11.4. The lowest BCUT2D eigenvalue weighted by molar-refractivity contribution is -0.0659. The van der Waals surface area contributed by atoms with Crippen LogP contribution in [0, 0.1) is 46.3 Å². The summed E-state index contributed by atoms with van der Waals surface area (Å²) >= 11 is 0. The summed E-state index contributed by atoms with van der Waals surface area (Å²) in [5, 5.41) is 8.22. The van der Waals surface area contributed by atoms with Crippen LogP contribution in [0.3, 0.4) is 0 Å². The van der Waals surface area contributed by atoms with Crippen molar-refractivity contribution in [2.24, 2.45) is 57.8 Å². The van der Waals surface area contributed by atoms with E-state index in [0.29, 0.717) is 22.9 Å². The van der Waals surface area contributed by atoms with E-state index in [4.69, 9.17) is 11.5 Å². The van der Waals surface area contributed by atoms with Crippen LogP contribution >= 0.6 is 0 Å². The maximum atomic E-state index is 5.74. The van der Waals surface area contributed by atoms with Gasteiger partial charge >= 0.3 is 0 Å². The molecular weight excluding hydrogens is 548 g/mol. The van der Waals surface area contributed by atoms with Gasteiger partial charge in [0.05, 0.1) is 0 Å². The molecule has 4 rings (SSSR count). The van der Waals surface area contributed by atoms with Gasteiger partial charge in [0.1, 0.15) is 0 Å². The summed E-state index contributed by atoms with van der Waals surface area (Å²) in [5.41, 5.74) is 14.2. The predicted octanol–water partition coefficient (Wildman–Crippen LogP) is 9.37. The fraction of sp³-hybridized carbons (Fsp3) is 0.951. The van der Waals surface area contributed by atoms with Gasteiger partial charge in [-0.25, -0.2) is 0 Å². The minimum absolute atomic E-state index is 0.379. The molecule has 4 aliphatic carbocycles. The van der Waals surface area contributed by atoms with Crippen LogP contribution in [0.1, 0.15) is 163 Å². The second-order valence-electron chi connectivity index (χ2n) is 17.4. The summed E-state index contributed by atoms with van der Waals surface area (Å²) < 4.78 is 0. The lowest BCUT2D eigenvalue weighted by atomic mass is 9.45. The van der Waals surface area contributed by atoms with E-state index in [1.807, 2.05) is 0 Å². The van der Waals surface area contributed by atoms with Gasteiger partial charge in [-0.15, -0.1) is 0 Å². The van der Waals surface area contributed by atoms with Gasteiger partial charge in [0.25, 0.3) is 0 Å². The lowest BCUT2D eigenvalue weighted by Gasteiger charge is -2.61. The number of hydrogen-bond donors (Lipinski definition) is 4. The Labute approximate surface area is 280 Å². The molecule has 9 atom stereocenters. The van der Waals surface area contributed by atoms with Crippen molar-refractivity contribution < 1.29 is 0 Å². The molecule has 0 spiro atoms. The minimum atomic E-state index is 0.379. The van der Waals surface area contributed by atoms with Crippen molar-refractivity contribution in [3.8, 4) is 0 Å². The number of unbranched alkanes of at least 4 members (excludes halogenated alkanes) is 8. The summed E-state index contributed by atoms with van der Waals surface area (Å²) in [6, 6.07) is 1.14. The molecule has 0 heterocycles. The van der Waals surface area contributed by atoms with E-state index < -0.39 is 0 Å². The molecule has 6 N–H and O–H groups in total. The third kappa shape index (κ3) is 9.60. The van der Waals surface area contributed by atoms with Gasteiger partial charge in [0, 0.05) is 12.1 Å². The average molecular weight is 627 g/mol. The smallest absolute Gasteiger partial charge is 0.0288 e. The Morgan fingerprint density at radius 1 is 0.711 bits per heavy atom. The summed E-state index contributed by atoms with van der Waals surface area (Å²) in [6.07, 6.45) is 30.0. The zero-order valence-electron chi connectivity index (χ0n) is 30.8. The monoisotopic (exact) mass is 627 g/mol. The number of hydrogen-bond acceptors (Lipinski definition) is 4. The van der Waals surface area contributed by atoms with E-state index in [1.54, 1.807) is 5.57 Å². The molecular formula is C41H78N4. The van der Waals surface area contributed by atoms with Gasteiger partial charge in [0.2, 0.25) is 0 Å². The van der Waals surface area contributed by atoms with E-state index in [1.165, 1.54) is 135 Å². The maximum Gasteiger partial charge on any atom is 0.0288 e. The first-order valence-electron chi connectivity index (χ1n) is 20.3. The first kappa shape index (κ1) is 37.4. The lowest BCUT2D eigenvalue weighted by Crippen LogP contribution is -2.57. The highest BCUT2D eigenvalue weighted by atomic mass is 14.9. The maximum absolute atomic E-state index is 5.74. The molecule has 3 fully saturated rings.